The number of aromatic nitrogens is 2. The lowest BCUT2D eigenvalue weighted by atomic mass is 9.73. The van der Waals surface area contributed by atoms with E-state index in [9.17, 15) is 26.7 Å². The molecule has 1 atom stereocenters. The number of fused-ring (bicyclic) bond motifs is 2. The van der Waals surface area contributed by atoms with Gasteiger partial charge in [-0.05, 0) is 41.7 Å². The summed E-state index contributed by atoms with van der Waals surface area (Å²) in [5.41, 5.74) is -2.40. The van der Waals surface area contributed by atoms with E-state index in [2.05, 4.69) is 9.97 Å². The first-order chi connectivity index (χ1) is 16.1. The number of hydrogen-bond donors (Lipinski definition) is 2. The predicted octanol–water partition coefficient (Wildman–Crippen LogP) is 5.15. The molecule has 1 aromatic carbocycles. The minimum atomic E-state index is -4.95. The fraction of sp³-hybridized carbons (Fsp3) is 0.458. The van der Waals surface area contributed by atoms with Crippen LogP contribution in [-0.4, -0.2) is 47.6 Å². The van der Waals surface area contributed by atoms with Crippen LogP contribution in [0, 0.1) is 0 Å². The van der Waals surface area contributed by atoms with Gasteiger partial charge in [-0.25, -0.2) is 13.4 Å². The first-order valence-electron chi connectivity index (χ1n) is 11.1. The molecule has 1 unspecified atom stereocenters. The van der Waals surface area contributed by atoms with Crippen LogP contribution in [0.1, 0.15) is 44.0 Å². The summed E-state index contributed by atoms with van der Waals surface area (Å²) in [5, 5.41) is 11.7. The number of pyridine rings is 1. The van der Waals surface area contributed by atoms with Crippen LogP contribution in [0.3, 0.4) is 0 Å². The summed E-state index contributed by atoms with van der Waals surface area (Å²) < 4.78 is 72.8. The summed E-state index contributed by atoms with van der Waals surface area (Å²) in [4.78, 5) is 6.75. The second-order valence-electron chi connectivity index (χ2n) is 9.61. The summed E-state index contributed by atoms with van der Waals surface area (Å²) in [6.07, 6.45) is -4.47. The van der Waals surface area contributed by atoms with Crippen LogP contribution >= 0.6 is 11.6 Å². The number of alkyl halides is 3. The molecule has 3 heterocycles. The second-order valence-corrected chi connectivity index (χ2v) is 12.3. The molecule has 0 saturated heterocycles. The van der Waals surface area contributed by atoms with E-state index in [1.54, 1.807) is 26.0 Å². The van der Waals surface area contributed by atoms with Gasteiger partial charge in [0.25, 0.3) is 0 Å². The molecule has 0 saturated carbocycles. The molecule has 0 fully saturated rings. The van der Waals surface area contributed by atoms with Gasteiger partial charge in [0.1, 0.15) is 5.75 Å². The molecular weight excluding hydrogens is 505 g/mol. The first kappa shape index (κ1) is 25.8. The number of nitrogens with one attached hydrogen (secondary N) is 1. The summed E-state index contributed by atoms with van der Waals surface area (Å²) >= 11 is 6.23. The van der Waals surface area contributed by atoms with Crippen molar-refractivity contribution in [2.24, 2.45) is 0 Å². The Labute approximate surface area is 206 Å². The monoisotopic (exact) mass is 530 g/mol. The molecule has 0 aliphatic carbocycles. The van der Waals surface area contributed by atoms with Gasteiger partial charge in [0.2, 0.25) is 0 Å². The van der Waals surface area contributed by atoms with E-state index in [0.717, 1.165) is 5.56 Å². The lowest BCUT2D eigenvalue weighted by Gasteiger charge is -2.38. The molecule has 0 radical (unpaired) electrons. The summed E-state index contributed by atoms with van der Waals surface area (Å²) in [6.45, 7) is 5.14. The predicted molar refractivity (Wildman–Crippen MR) is 127 cm³/mol. The highest BCUT2D eigenvalue weighted by atomic mass is 35.5. The third kappa shape index (κ3) is 4.88. The minimum absolute atomic E-state index is 0.107. The number of rotatable bonds is 7. The largest absolute Gasteiger partial charge is 0.493 e. The standard InChI is InChI=1S/C24H26ClF3N2O4S/c1-4-35(32,33)20-9-15-8-17(30-19(15)12-29-20)11-23(31,24(26,27)28)13-22(2,3)18-10-16(25)7-14-5-6-34-21(14)18/h7-10,12,30-31H,4-6,11,13H2,1-3H3. The number of halogens is 4. The molecule has 0 amide bonds. The molecule has 0 bridgehead atoms. The van der Waals surface area contributed by atoms with Crippen molar-refractivity contribution in [3.05, 3.63) is 52.3 Å². The van der Waals surface area contributed by atoms with Crippen LogP contribution in [0.25, 0.3) is 10.9 Å². The SMILES string of the molecule is CCS(=O)(=O)c1cc2cc(CC(O)(CC(C)(C)c3cc(Cl)cc4c3OCC4)C(F)(F)F)[nH]c2cn1. The Morgan fingerprint density at radius 2 is 1.91 bits per heavy atom. The van der Waals surface area contributed by atoms with E-state index in [-0.39, 0.29) is 16.5 Å². The summed E-state index contributed by atoms with van der Waals surface area (Å²) in [7, 11) is -3.58. The van der Waals surface area contributed by atoms with Gasteiger partial charge in [0.15, 0.2) is 20.5 Å². The second kappa shape index (κ2) is 8.67. The Morgan fingerprint density at radius 1 is 1.20 bits per heavy atom. The lowest BCUT2D eigenvalue weighted by Crippen LogP contribution is -2.51. The molecule has 1 aliphatic heterocycles. The maximum Gasteiger partial charge on any atom is 0.417 e. The normalized spacial score (nSPS) is 16.2. The van der Waals surface area contributed by atoms with Crippen LogP contribution in [0.5, 0.6) is 5.75 Å². The minimum Gasteiger partial charge on any atom is -0.493 e. The van der Waals surface area contributed by atoms with Gasteiger partial charge in [-0.3, -0.25) is 0 Å². The van der Waals surface area contributed by atoms with Crippen LogP contribution in [0.2, 0.25) is 5.02 Å². The molecule has 2 aromatic heterocycles. The first-order valence-corrected chi connectivity index (χ1v) is 13.1. The topological polar surface area (TPSA) is 92.3 Å². The van der Waals surface area contributed by atoms with Gasteiger partial charge in [0.05, 0.1) is 24.1 Å². The third-order valence-electron chi connectivity index (χ3n) is 6.46. The molecule has 35 heavy (non-hydrogen) atoms. The maximum atomic E-state index is 14.3. The zero-order valence-electron chi connectivity index (χ0n) is 19.5. The highest BCUT2D eigenvalue weighted by Crippen LogP contribution is 2.47. The van der Waals surface area contributed by atoms with Crippen LogP contribution in [-0.2, 0) is 28.1 Å². The number of ether oxygens (including phenoxy) is 1. The van der Waals surface area contributed by atoms with Crippen molar-refractivity contribution in [3.8, 4) is 5.75 Å². The average molecular weight is 531 g/mol. The number of hydrogen-bond acceptors (Lipinski definition) is 5. The molecule has 190 valence electrons. The van der Waals surface area contributed by atoms with Crippen molar-refractivity contribution in [2.75, 3.05) is 12.4 Å². The van der Waals surface area contributed by atoms with Gasteiger partial charge >= 0.3 is 6.18 Å². The van der Waals surface area contributed by atoms with Gasteiger partial charge in [-0.15, -0.1) is 0 Å². The lowest BCUT2D eigenvalue weighted by molar-refractivity contribution is -0.266. The number of sulfone groups is 1. The van der Waals surface area contributed by atoms with Gasteiger partial charge < -0.3 is 14.8 Å². The zero-order valence-corrected chi connectivity index (χ0v) is 21.0. The van der Waals surface area contributed by atoms with Crippen molar-refractivity contribution in [2.45, 2.75) is 62.3 Å². The maximum absolute atomic E-state index is 14.3. The molecule has 3 aromatic rings. The van der Waals surface area contributed by atoms with E-state index in [1.807, 2.05) is 0 Å². The Bertz CT molecular complexity index is 1390. The fourth-order valence-electron chi connectivity index (χ4n) is 4.66. The van der Waals surface area contributed by atoms with Crippen LogP contribution in [0.4, 0.5) is 13.2 Å². The van der Waals surface area contributed by atoms with Crippen molar-refractivity contribution in [3.63, 3.8) is 0 Å². The highest BCUT2D eigenvalue weighted by Gasteiger charge is 2.56. The molecule has 0 spiro atoms. The van der Waals surface area contributed by atoms with Crippen molar-refractivity contribution in [1.29, 1.82) is 0 Å². The summed E-state index contributed by atoms with van der Waals surface area (Å²) in [5.74, 6) is 0.369. The number of aromatic amines is 1. The van der Waals surface area contributed by atoms with E-state index in [4.69, 9.17) is 16.3 Å². The van der Waals surface area contributed by atoms with Gasteiger partial charge in [-0.2, -0.15) is 13.2 Å². The Morgan fingerprint density at radius 3 is 2.57 bits per heavy atom. The average Bonchev–Trinajstić information content (AvgIpc) is 3.37. The summed E-state index contributed by atoms with van der Waals surface area (Å²) in [6, 6.07) is 6.06. The molecule has 6 nitrogen and oxygen atoms in total. The molecule has 11 heteroatoms. The van der Waals surface area contributed by atoms with E-state index in [0.29, 0.717) is 40.3 Å². The smallest absolute Gasteiger partial charge is 0.417 e. The Hall–Kier alpha value is -2.30. The van der Waals surface area contributed by atoms with Gasteiger partial charge in [0, 0.05) is 34.5 Å². The Balaban J connectivity index is 1.70. The Kier molecular flexibility index (Phi) is 6.39. The number of H-pyrrole nitrogens is 1. The van der Waals surface area contributed by atoms with E-state index in [1.165, 1.54) is 25.3 Å². The zero-order chi connectivity index (χ0) is 25.8. The van der Waals surface area contributed by atoms with Crippen molar-refractivity contribution < 1.29 is 31.4 Å². The molecule has 2 N–H and O–H groups in total. The van der Waals surface area contributed by atoms with E-state index >= 15 is 0 Å². The van der Waals surface area contributed by atoms with Crippen molar-refractivity contribution >= 4 is 32.3 Å². The highest BCUT2D eigenvalue weighted by molar-refractivity contribution is 7.91. The fourth-order valence-corrected chi connectivity index (χ4v) is 5.72. The van der Waals surface area contributed by atoms with Crippen LogP contribution < -0.4 is 4.74 Å². The third-order valence-corrected chi connectivity index (χ3v) is 8.30. The van der Waals surface area contributed by atoms with Crippen molar-refractivity contribution in [1.82, 2.24) is 9.97 Å². The molecular formula is C24H26ClF3N2O4S. The number of benzene rings is 1. The molecule has 1 aliphatic rings. The van der Waals surface area contributed by atoms with Crippen LogP contribution in [0.15, 0.2) is 35.5 Å². The number of nitrogens with zero attached hydrogens (tertiary/aromatic N) is 1. The number of aliphatic hydroxyl groups is 1. The van der Waals surface area contributed by atoms with E-state index < -0.39 is 39.9 Å². The quantitative estimate of drug-likeness (QED) is 0.441. The molecule has 4 rings (SSSR count). The van der Waals surface area contributed by atoms with Gasteiger partial charge in [-0.1, -0.05) is 32.4 Å².